The van der Waals surface area contributed by atoms with E-state index in [2.05, 4.69) is 0 Å². The van der Waals surface area contributed by atoms with Gasteiger partial charge in [0.15, 0.2) is 0 Å². The zero-order valence-electron chi connectivity index (χ0n) is 12.3. The zero-order valence-corrected chi connectivity index (χ0v) is 13.1. The number of rotatable bonds is 7. The Kier molecular flexibility index (Phi) is 5.63. The molecule has 0 aliphatic rings. The van der Waals surface area contributed by atoms with Crippen LogP contribution in [-0.4, -0.2) is 11.1 Å². The zero-order chi connectivity index (χ0) is 14.8. The van der Waals surface area contributed by atoms with Crippen LogP contribution >= 0.6 is 11.6 Å². The highest BCUT2D eigenvalue weighted by atomic mass is 35.5. The van der Waals surface area contributed by atoms with Crippen molar-refractivity contribution in [1.82, 2.24) is 0 Å². The molecule has 0 rings (SSSR count). The molecule has 0 heterocycles. The van der Waals surface area contributed by atoms with Crippen LogP contribution in [0.25, 0.3) is 0 Å². The molecular weight excluding hydrogens is 261 g/mol. The van der Waals surface area contributed by atoms with E-state index in [9.17, 15) is 13.2 Å². The van der Waals surface area contributed by atoms with Crippen molar-refractivity contribution < 1.29 is 13.2 Å². The topological polar surface area (TPSA) is 0 Å². The molecule has 0 aliphatic heterocycles. The Bertz CT molecular complexity index is 238. The molecule has 0 aliphatic carbocycles. The standard InChI is InChI=1S/C14H26ClF3/c1-7-11(5,8-2)13(15,16)14(17,18)12(6,9-3)10-4/h7-10H2,1-6H3. The van der Waals surface area contributed by atoms with Gasteiger partial charge in [0.2, 0.25) is 0 Å². The van der Waals surface area contributed by atoms with Gasteiger partial charge in [0.05, 0.1) is 0 Å². The first-order chi connectivity index (χ1) is 7.99. The molecule has 0 amide bonds. The maximum Gasteiger partial charge on any atom is 0.300 e. The maximum absolute atomic E-state index is 14.8. The van der Waals surface area contributed by atoms with Crippen molar-refractivity contribution in [3.63, 3.8) is 0 Å². The minimum atomic E-state index is -3.56. The van der Waals surface area contributed by atoms with E-state index in [1.807, 2.05) is 0 Å². The van der Waals surface area contributed by atoms with Gasteiger partial charge in [-0.1, -0.05) is 53.1 Å². The maximum atomic E-state index is 14.8. The Morgan fingerprint density at radius 2 is 1.00 bits per heavy atom. The van der Waals surface area contributed by atoms with Crippen molar-refractivity contribution in [3.05, 3.63) is 0 Å². The van der Waals surface area contributed by atoms with E-state index in [4.69, 9.17) is 11.6 Å². The van der Waals surface area contributed by atoms with Crippen LogP contribution in [0.2, 0.25) is 0 Å². The molecule has 0 aromatic carbocycles. The summed E-state index contributed by atoms with van der Waals surface area (Å²) < 4.78 is 44.0. The molecule has 0 saturated heterocycles. The minimum absolute atomic E-state index is 0.193. The van der Waals surface area contributed by atoms with Crippen molar-refractivity contribution in [1.29, 1.82) is 0 Å². The van der Waals surface area contributed by atoms with Crippen molar-refractivity contribution in [2.24, 2.45) is 10.8 Å². The summed E-state index contributed by atoms with van der Waals surface area (Å²) in [5, 5.41) is -3.02. The van der Waals surface area contributed by atoms with Gasteiger partial charge in [-0.3, -0.25) is 0 Å². The molecular formula is C14H26ClF3. The second-order valence-electron chi connectivity index (χ2n) is 5.68. The highest BCUT2D eigenvalue weighted by Crippen LogP contribution is 2.60. The lowest BCUT2D eigenvalue weighted by Crippen LogP contribution is -2.58. The SMILES string of the molecule is CCC(C)(CC)C(F)(F)C(F)(Cl)C(C)(CC)CC. The van der Waals surface area contributed by atoms with Crippen molar-refractivity contribution in [2.75, 3.05) is 0 Å². The summed E-state index contributed by atoms with van der Waals surface area (Å²) in [6.45, 7) is 9.62. The number of hydrogen-bond acceptors (Lipinski definition) is 0. The molecule has 1 atom stereocenters. The summed E-state index contributed by atoms with van der Waals surface area (Å²) >= 11 is 5.76. The molecule has 0 nitrogen and oxygen atoms in total. The largest absolute Gasteiger partial charge is 0.300 e. The van der Waals surface area contributed by atoms with E-state index in [1.165, 1.54) is 13.8 Å². The molecule has 110 valence electrons. The Morgan fingerprint density at radius 3 is 1.22 bits per heavy atom. The normalized spacial score (nSPS) is 17.7. The van der Waals surface area contributed by atoms with E-state index in [-0.39, 0.29) is 25.7 Å². The fourth-order valence-corrected chi connectivity index (χ4v) is 2.64. The van der Waals surface area contributed by atoms with Gasteiger partial charge in [-0.05, 0) is 25.7 Å². The highest BCUT2D eigenvalue weighted by Gasteiger charge is 2.68. The summed E-state index contributed by atoms with van der Waals surface area (Å²) in [4.78, 5) is 0. The van der Waals surface area contributed by atoms with E-state index < -0.39 is 21.9 Å². The van der Waals surface area contributed by atoms with Crippen molar-refractivity contribution >= 4 is 11.6 Å². The summed E-state index contributed by atoms with van der Waals surface area (Å²) in [6, 6.07) is 0. The smallest absolute Gasteiger partial charge is 0.219 e. The van der Waals surface area contributed by atoms with Gasteiger partial charge in [-0.25, -0.2) is 13.2 Å². The average Bonchev–Trinajstić information content (AvgIpc) is 2.35. The molecule has 0 saturated carbocycles. The predicted octanol–water partition coefficient (Wildman–Crippen LogP) is 6.18. The fraction of sp³-hybridized carbons (Fsp3) is 1.00. The molecule has 0 radical (unpaired) electrons. The Hall–Kier alpha value is 0.0800. The fourth-order valence-electron chi connectivity index (χ4n) is 2.15. The van der Waals surface area contributed by atoms with E-state index >= 15 is 0 Å². The van der Waals surface area contributed by atoms with Crippen LogP contribution in [0.15, 0.2) is 0 Å². The summed E-state index contributed by atoms with van der Waals surface area (Å²) in [6.07, 6.45) is 0.946. The molecule has 0 fully saturated rings. The average molecular weight is 287 g/mol. The van der Waals surface area contributed by atoms with E-state index in [0.29, 0.717) is 0 Å². The van der Waals surface area contributed by atoms with Crippen LogP contribution in [-0.2, 0) is 0 Å². The van der Waals surface area contributed by atoms with Crippen LogP contribution in [0.1, 0.15) is 67.2 Å². The van der Waals surface area contributed by atoms with E-state index in [0.717, 1.165) is 0 Å². The van der Waals surface area contributed by atoms with Gasteiger partial charge in [-0.15, -0.1) is 0 Å². The summed E-state index contributed by atoms with van der Waals surface area (Å²) in [7, 11) is 0. The molecule has 4 heteroatoms. The number of halogens is 4. The van der Waals surface area contributed by atoms with Crippen LogP contribution in [0.3, 0.4) is 0 Å². The Morgan fingerprint density at radius 1 is 0.722 bits per heavy atom. The van der Waals surface area contributed by atoms with Gasteiger partial charge in [-0.2, -0.15) is 0 Å². The Labute approximate surface area is 114 Å². The number of alkyl halides is 4. The number of hydrogen-bond donors (Lipinski definition) is 0. The summed E-state index contributed by atoms with van der Waals surface area (Å²) in [5.41, 5.74) is -2.65. The third kappa shape index (κ3) is 2.39. The lowest BCUT2D eigenvalue weighted by molar-refractivity contribution is -0.218. The molecule has 18 heavy (non-hydrogen) atoms. The Balaban J connectivity index is 5.71. The minimum Gasteiger partial charge on any atom is -0.219 e. The first kappa shape index (κ1) is 18.1. The second-order valence-corrected chi connectivity index (χ2v) is 6.21. The first-order valence-electron chi connectivity index (χ1n) is 6.75. The molecule has 0 spiro atoms. The van der Waals surface area contributed by atoms with E-state index in [1.54, 1.807) is 27.7 Å². The molecule has 0 aromatic rings. The molecule has 0 aromatic heterocycles. The van der Waals surface area contributed by atoms with Crippen molar-refractivity contribution in [2.45, 2.75) is 78.3 Å². The first-order valence-corrected chi connectivity index (χ1v) is 7.13. The molecule has 0 bridgehead atoms. The highest BCUT2D eigenvalue weighted by molar-refractivity contribution is 6.24. The van der Waals surface area contributed by atoms with Crippen LogP contribution in [0, 0.1) is 10.8 Å². The van der Waals surface area contributed by atoms with Gasteiger partial charge < -0.3 is 0 Å². The quantitative estimate of drug-likeness (QED) is 0.490. The van der Waals surface area contributed by atoms with Crippen LogP contribution in [0.5, 0.6) is 0 Å². The van der Waals surface area contributed by atoms with Gasteiger partial charge in [0.1, 0.15) is 0 Å². The summed E-state index contributed by atoms with van der Waals surface area (Å²) in [5.74, 6) is -3.56. The third-order valence-corrected chi connectivity index (χ3v) is 5.73. The molecule has 0 N–H and O–H groups in total. The van der Waals surface area contributed by atoms with Crippen LogP contribution in [0.4, 0.5) is 13.2 Å². The van der Waals surface area contributed by atoms with Crippen molar-refractivity contribution in [3.8, 4) is 0 Å². The van der Waals surface area contributed by atoms with Gasteiger partial charge in [0, 0.05) is 10.8 Å². The lowest BCUT2D eigenvalue weighted by atomic mass is 9.67. The predicted molar refractivity (Wildman–Crippen MR) is 72.0 cm³/mol. The molecule has 1 unspecified atom stereocenters. The third-order valence-electron chi connectivity index (χ3n) is 5.03. The van der Waals surface area contributed by atoms with Crippen LogP contribution < -0.4 is 0 Å². The second kappa shape index (κ2) is 5.60. The lowest BCUT2D eigenvalue weighted by Gasteiger charge is -2.48. The van der Waals surface area contributed by atoms with Gasteiger partial charge >= 0.3 is 5.92 Å². The van der Waals surface area contributed by atoms with Gasteiger partial charge in [0.25, 0.3) is 5.13 Å². The monoisotopic (exact) mass is 286 g/mol.